The van der Waals surface area contributed by atoms with Gasteiger partial charge in [-0.15, -0.1) is 0 Å². The van der Waals surface area contributed by atoms with E-state index in [1.807, 2.05) is 18.2 Å². The van der Waals surface area contributed by atoms with Gasteiger partial charge in [-0.2, -0.15) is 0 Å². The summed E-state index contributed by atoms with van der Waals surface area (Å²) >= 11 is 0. The third-order valence-corrected chi connectivity index (χ3v) is 2.84. The normalized spacial score (nSPS) is 10.4. The summed E-state index contributed by atoms with van der Waals surface area (Å²) in [7, 11) is 0. The van der Waals surface area contributed by atoms with Gasteiger partial charge in [0.2, 0.25) is 0 Å². The summed E-state index contributed by atoms with van der Waals surface area (Å²) in [4.78, 5) is 0. The smallest absolute Gasteiger partial charge is 0.126 e. The fourth-order valence-corrected chi connectivity index (χ4v) is 1.67. The van der Waals surface area contributed by atoms with Crippen LogP contribution in [0.25, 0.3) is 0 Å². The number of ether oxygens (including phenoxy) is 3. The van der Waals surface area contributed by atoms with E-state index in [2.05, 4.69) is 17.2 Å². The Labute approximate surface area is 126 Å². The minimum atomic E-state index is 0.657. The van der Waals surface area contributed by atoms with Crippen molar-refractivity contribution < 1.29 is 31.4 Å². The van der Waals surface area contributed by atoms with E-state index in [1.165, 1.54) is 0 Å². The minimum absolute atomic E-state index is 0.657. The maximum Gasteiger partial charge on any atom is 0.126 e. The lowest BCUT2D eigenvalue weighted by atomic mass is 10.3. The maximum absolute atomic E-state index is 5.72. The third-order valence-electron chi connectivity index (χ3n) is 2.84. The van der Waals surface area contributed by atoms with Crippen LogP contribution in [0.1, 0.15) is 19.3 Å². The van der Waals surface area contributed by atoms with Crippen LogP contribution in [0.2, 0.25) is 0 Å². The average molecular weight is 300 g/mol. The summed E-state index contributed by atoms with van der Waals surface area (Å²) in [5, 5.41) is 0. The Morgan fingerprint density at radius 2 is 0.857 bits per heavy atom. The molecule has 0 aliphatic carbocycles. The maximum atomic E-state index is 5.72. The lowest BCUT2D eigenvalue weighted by Crippen LogP contribution is -2.50. The van der Waals surface area contributed by atoms with Crippen LogP contribution >= 0.6 is 0 Å². The molecule has 120 valence electrons. The Bertz CT molecular complexity index is 319. The third kappa shape index (κ3) is 7.75. The molecule has 0 radical (unpaired) electrons. The quantitative estimate of drug-likeness (QED) is 0.418. The van der Waals surface area contributed by atoms with E-state index in [9.17, 15) is 0 Å². The van der Waals surface area contributed by atoms with E-state index in [0.29, 0.717) is 19.8 Å². The van der Waals surface area contributed by atoms with Crippen molar-refractivity contribution in [3.8, 4) is 17.2 Å². The SMILES string of the molecule is [NH3+]CCCOc1cc(OCCC[NH3+])cc(OCCC[NH3+])c1. The van der Waals surface area contributed by atoms with Gasteiger partial charge in [0.1, 0.15) is 17.2 Å². The highest BCUT2D eigenvalue weighted by atomic mass is 16.5. The lowest BCUT2D eigenvalue weighted by molar-refractivity contribution is -0.369. The van der Waals surface area contributed by atoms with Gasteiger partial charge in [0.25, 0.3) is 0 Å². The zero-order chi connectivity index (χ0) is 15.3. The molecule has 0 fully saturated rings. The van der Waals surface area contributed by atoms with E-state index < -0.39 is 0 Å². The molecule has 1 aromatic carbocycles. The molecule has 1 aromatic rings. The van der Waals surface area contributed by atoms with Gasteiger partial charge >= 0.3 is 0 Å². The van der Waals surface area contributed by atoms with Gasteiger partial charge in [-0.05, 0) is 0 Å². The van der Waals surface area contributed by atoms with Crippen LogP contribution in [0.3, 0.4) is 0 Å². The van der Waals surface area contributed by atoms with Crippen LogP contribution < -0.4 is 31.4 Å². The predicted molar refractivity (Wildman–Crippen MR) is 80.0 cm³/mol. The fourth-order valence-electron chi connectivity index (χ4n) is 1.67. The highest BCUT2D eigenvalue weighted by Gasteiger charge is 2.05. The molecule has 6 nitrogen and oxygen atoms in total. The van der Waals surface area contributed by atoms with Crippen LogP contribution in [-0.2, 0) is 0 Å². The highest BCUT2D eigenvalue weighted by Crippen LogP contribution is 2.28. The van der Waals surface area contributed by atoms with Gasteiger partial charge in [0.15, 0.2) is 0 Å². The Hall–Kier alpha value is -1.50. The molecule has 0 aliphatic rings. The van der Waals surface area contributed by atoms with Crippen molar-refractivity contribution in [2.45, 2.75) is 19.3 Å². The van der Waals surface area contributed by atoms with Crippen molar-refractivity contribution >= 4 is 0 Å². The van der Waals surface area contributed by atoms with Crippen molar-refractivity contribution in [2.24, 2.45) is 0 Å². The molecular formula is C15H30N3O3+3. The molecule has 9 N–H and O–H groups in total. The molecule has 0 heterocycles. The summed E-state index contributed by atoms with van der Waals surface area (Å²) in [6.07, 6.45) is 2.80. The second-order valence-electron chi connectivity index (χ2n) is 4.81. The lowest BCUT2D eigenvalue weighted by Gasteiger charge is -2.12. The molecule has 0 unspecified atom stereocenters. The summed E-state index contributed by atoms with van der Waals surface area (Å²) < 4.78 is 17.1. The summed E-state index contributed by atoms with van der Waals surface area (Å²) in [5.74, 6) is 2.33. The van der Waals surface area contributed by atoms with Crippen molar-refractivity contribution in [2.75, 3.05) is 39.5 Å². The Kier molecular flexibility index (Phi) is 9.35. The average Bonchev–Trinajstić information content (AvgIpc) is 2.48. The molecule has 0 saturated carbocycles. The molecule has 0 spiro atoms. The van der Waals surface area contributed by atoms with Gasteiger partial charge < -0.3 is 31.4 Å². The van der Waals surface area contributed by atoms with Crippen LogP contribution in [0.4, 0.5) is 0 Å². The van der Waals surface area contributed by atoms with Crippen molar-refractivity contribution in [3.63, 3.8) is 0 Å². The number of quaternary nitrogens is 3. The molecular weight excluding hydrogens is 270 g/mol. The molecule has 0 saturated heterocycles. The monoisotopic (exact) mass is 300 g/mol. The van der Waals surface area contributed by atoms with Gasteiger partial charge in [0, 0.05) is 37.5 Å². The zero-order valence-electron chi connectivity index (χ0n) is 12.9. The van der Waals surface area contributed by atoms with Crippen LogP contribution in [0.5, 0.6) is 17.2 Å². The summed E-state index contributed by atoms with van der Waals surface area (Å²) in [6, 6.07) is 5.71. The van der Waals surface area contributed by atoms with E-state index in [1.54, 1.807) is 0 Å². The van der Waals surface area contributed by atoms with Crippen LogP contribution in [0.15, 0.2) is 18.2 Å². The molecule has 6 heteroatoms. The van der Waals surface area contributed by atoms with Gasteiger partial charge in [-0.25, -0.2) is 0 Å². The first-order chi connectivity index (χ1) is 10.3. The Balaban J connectivity index is 2.65. The van der Waals surface area contributed by atoms with E-state index >= 15 is 0 Å². The van der Waals surface area contributed by atoms with E-state index in [4.69, 9.17) is 14.2 Å². The second kappa shape index (κ2) is 11.2. The van der Waals surface area contributed by atoms with Crippen molar-refractivity contribution in [3.05, 3.63) is 18.2 Å². The Morgan fingerprint density at radius 3 is 1.10 bits per heavy atom. The molecule has 21 heavy (non-hydrogen) atoms. The van der Waals surface area contributed by atoms with Crippen LogP contribution in [0, 0.1) is 0 Å². The summed E-state index contributed by atoms with van der Waals surface area (Å²) in [5.41, 5.74) is 11.4. The van der Waals surface area contributed by atoms with E-state index in [-0.39, 0.29) is 0 Å². The highest BCUT2D eigenvalue weighted by molar-refractivity contribution is 5.42. The molecule has 0 amide bonds. The largest absolute Gasteiger partial charge is 0.493 e. The fraction of sp³-hybridized carbons (Fsp3) is 0.600. The van der Waals surface area contributed by atoms with E-state index in [0.717, 1.165) is 56.1 Å². The number of benzene rings is 1. The second-order valence-corrected chi connectivity index (χ2v) is 4.81. The summed E-state index contributed by atoms with van der Waals surface area (Å²) in [6.45, 7) is 4.57. The van der Waals surface area contributed by atoms with Crippen molar-refractivity contribution in [1.29, 1.82) is 0 Å². The first-order valence-electron chi connectivity index (χ1n) is 7.71. The molecule has 1 rings (SSSR count). The van der Waals surface area contributed by atoms with Crippen LogP contribution in [-0.4, -0.2) is 39.5 Å². The molecule has 0 atom stereocenters. The number of hydrogen-bond donors (Lipinski definition) is 3. The van der Waals surface area contributed by atoms with Crippen molar-refractivity contribution in [1.82, 2.24) is 0 Å². The van der Waals surface area contributed by atoms with Gasteiger partial charge in [-0.1, -0.05) is 0 Å². The molecule has 0 bridgehead atoms. The van der Waals surface area contributed by atoms with Gasteiger partial charge in [0.05, 0.1) is 39.5 Å². The molecule has 0 aliphatic heterocycles. The van der Waals surface area contributed by atoms with Gasteiger partial charge in [-0.3, -0.25) is 0 Å². The zero-order valence-corrected chi connectivity index (χ0v) is 12.9. The predicted octanol–water partition coefficient (Wildman–Crippen LogP) is -1.28. The first-order valence-corrected chi connectivity index (χ1v) is 7.71. The Morgan fingerprint density at radius 1 is 0.571 bits per heavy atom. The number of rotatable bonds is 12. The first kappa shape index (κ1) is 17.6. The standard InChI is InChI=1S/C15H27N3O3/c16-4-1-7-19-13-10-14(20-8-2-5-17)12-15(11-13)21-9-3-6-18/h10-12H,1-9,16-18H2/p+3. The topological polar surface area (TPSA) is 111 Å². The minimum Gasteiger partial charge on any atom is -0.493 e. The molecule has 0 aromatic heterocycles. The number of hydrogen-bond acceptors (Lipinski definition) is 3.